The summed E-state index contributed by atoms with van der Waals surface area (Å²) in [4.78, 5) is 23.2. The molecule has 0 saturated heterocycles. The van der Waals surface area contributed by atoms with Crippen LogP contribution in [0.5, 0.6) is 0 Å². The lowest BCUT2D eigenvalue weighted by atomic mass is 10.3. The molecule has 2 amide bonds. The fraction of sp³-hybridized carbons (Fsp3) is 0.500. The summed E-state index contributed by atoms with van der Waals surface area (Å²) in [6.07, 6.45) is 0.959. The van der Waals surface area contributed by atoms with E-state index in [-0.39, 0.29) is 35.2 Å². The molecule has 0 aromatic heterocycles. The largest absolute Gasteiger partial charge is 0.379 e. The molecule has 0 bridgehead atoms. The highest BCUT2D eigenvalue weighted by Crippen LogP contribution is 2.09. The molecular formula is C16H23FN2O3S. The summed E-state index contributed by atoms with van der Waals surface area (Å²) in [7, 11) is 0. The number of thioether (sulfide) groups is 1. The quantitative estimate of drug-likeness (QED) is 0.641. The number of amides is 2. The van der Waals surface area contributed by atoms with Crippen LogP contribution >= 0.6 is 11.8 Å². The topological polar surface area (TPSA) is 67.4 Å². The van der Waals surface area contributed by atoms with E-state index in [9.17, 15) is 14.0 Å². The molecule has 0 fully saturated rings. The zero-order chi connectivity index (χ0) is 17.1. The van der Waals surface area contributed by atoms with Crippen molar-refractivity contribution in [3.05, 3.63) is 30.1 Å². The third-order valence-corrected chi connectivity index (χ3v) is 3.62. The Labute approximate surface area is 140 Å². The van der Waals surface area contributed by atoms with Crippen LogP contribution in [0.15, 0.2) is 24.3 Å². The summed E-state index contributed by atoms with van der Waals surface area (Å²) in [5.74, 6) is -0.287. The molecule has 2 N–H and O–H groups in total. The second kappa shape index (κ2) is 11.0. The zero-order valence-electron chi connectivity index (χ0n) is 13.4. The monoisotopic (exact) mass is 342 g/mol. The molecule has 0 heterocycles. The first-order chi connectivity index (χ1) is 11.0. The lowest BCUT2D eigenvalue weighted by Crippen LogP contribution is -2.27. The highest BCUT2D eigenvalue weighted by molar-refractivity contribution is 8.00. The molecule has 0 atom stereocenters. The minimum absolute atomic E-state index is 0.103. The van der Waals surface area contributed by atoms with Gasteiger partial charge in [0.2, 0.25) is 11.8 Å². The summed E-state index contributed by atoms with van der Waals surface area (Å²) in [6, 6.07) is 5.53. The van der Waals surface area contributed by atoms with Crippen molar-refractivity contribution in [2.45, 2.75) is 26.4 Å². The predicted octanol–water partition coefficient (Wildman–Crippen LogP) is 2.43. The summed E-state index contributed by atoms with van der Waals surface area (Å²) < 4.78 is 18.1. The molecule has 0 aliphatic rings. The van der Waals surface area contributed by atoms with Gasteiger partial charge in [0.05, 0.1) is 17.6 Å². The van der Waals surface area contributed by atoms with E-state index in [1.54, 1.807) is 0 Å². The lowest BCUT2D eigenvalue weighted by molar-refractivity contribution is -0.118. The van der Waals surface area contributed by atoms with Crippen molar-refractivity contribution in [2.24, 2.45) is 0 Å². The molecule has 0 spiro atoms. The molecule has 1 aromatic carbocycles. The lowest BCUT2D eigenvalue weighted by Gasteiger charge is -2.08. The van der Waals surface area contributed by atoms with Crippen LogP contribution < -0.4 is 10.6 Å². The van der Waals surface area contributed by atoms with Crippen molar-refractivity contribution in [3.63, 3.8) is 0 Å². The highest BCUT2D eigenvalue weighted by Gasteiger charge is 2.06. The molecule has 23 heavy (non-hydrogen) atoms. The van der Waals surface area contributed by atoms with Crippen LogP contribution in [0, 0.1) is 5.82 Å². The number of nitrogens with one attached hydrogen (secondary N) is 2. The summed E-state index contributed by atoms with van der Waals surface area (Å²) in [5, 5.41) is 5.41. The van der Waals surface area contributed by atoms with Gasteiger partial charge < -0.3 is 15.4 Å². The van der Waals surface area contributed by atoms with Gasteiger partial charge in [-0.1, -0.05) is 0 Å². The molecule has 0 unspecified atom stereocenters. The molecular weight excluding hydrogens is 319 g/mol. The third kappa shape index (κ3) is 9.91. The van der Waals surface area contributed by atoms with Crippen molar-refractivity contribution in [2.75, 3.05) is 30.0 Å². The van der Waals surface area contributed by atoms with Gasteiger partial charge in [-0.2, -0.15) is 0 Å². The summed E-state index contributed by atoms with van der Waals surface area (Å²) in [6.45, 7) is 5.11. The minimum atomic E-state index is -0.354. The number of ether oxygens (including phenoxy) is 1. The van der Waals surface area contributed by atoms with E-state index in [4.69, 9.17) is 4.74 Å². The van der Waals surface area contributed by atoms with E-state index >= 15 is 0 Å². The Kier molecular flexibility index (Phi) is 9.31. The molecule has 0 radical (unpaired) electrons. The third-order valence-electron chi connectivity index (χ3n) is 2.69. The normalized spacial score (nSPS) is 10.6. The standard InChI is InChI=1S/C16H23FN2O3S/c1-12(2)22-9-3-8-18-15(20)10-23-11-16(21)19-14-6-4-13(17)5-7-14/h4-7,12H,3,8-11H2,1-2H3,(H,18,20)(H,19,21). The number of hydrogen-bond donors (Lipinski definition) is 2. The van der Waals surface area contributed by atoms with E-state index in [0.29, 0.717) is 18.8 Å². The van der Waals surface area contributed by atoms with Crippen LogP contribution in [-0.2, 0) is 14.3 Å². The summed E-state index contributed by atoms with van der Waals surface area (Å²) >= 11 is 1.23. The fourth-order valence-corrected chi connectivity index (χ4v) is 2.28. The van der Waals surface area contributed by atoms with Gasteiger partial charge in [-0.05, 0) is 44.5 Å². The molecule has 1 rings (SSSR count). The van der Waals surface area contributed by atoms with Gasteiger partial charge >= 0.3 is 0 Å². The first-order valence-electron chi connectivity index (χ1n) is 7.49. The van der Waals surface area contributed by atoms with Crippen LogP contribution in [0.4, 0.5) is 10.1 Å². The summed E-state index contributed by atoms with van der Waals surface area (Å²) in [5.41, 5.74) is 0.534. The van der Waals surface area contributed by atoms with E-state index in [2.05, 4.69) is 10.6 Å². The Morgan fingerprint density at radius 2 is 1.83 bits per heavy atom. The van der Waals surface area contributed by atoms with Crippen molar-refractivity contribution in [3.8, 4) is 0 Å². The number of rotatable bonds is 10. The molecule has 7 heteroatoms. The maximum absolute atomic E-state index is 12.7. The number of carbonyl (C=O) groups is 2. The molecule has 1 aromatic rings. The van der Waals surface area contributed by atoms with Crippen molar-refractivity contribution in [1.29, 1.82) is 0 Å². The van der Waals surface area contributed by atoms with Crippen LogP contribution in [0.1, 0.15) is 20.3 Å². The van der Waals surface area contributed by atoms with Crippen molar-refractivity contribution >= 4 is 29.3 Å². The molecule has 5 nitrogen and oxygen atoms in total. The molecule has 0 aliphatic heterocycles. The van der Waals surface area contributed by atoms with E-state index in [1.165, 1.54) is 36.0 Å². The Bertz CT molecular complexity index is 495. The average Bonchev–Trinajstić information content (AvgIpc) is 2.49. The van der Waals surface area contributed by atoms with Crippen LogP contribution in [0.25, 0.3) is 0 Å². The Balaban J connectivity index is 2.07. The Hall–Kier alpha value is -1.60. The van der Waals surface area contributed by atoms with E-state index < -0.39 is 0 Å². The first kappa shape index (κ1) is 19.4. The van der Waals surface area contributed by atoms with Gasteiger partial charge in [0.15, 0.2) is 0 Å². The molecule has 128 valence electrons. The number of halogens is 1. The van der Waals surface area contributed by atoms with E-state index in [1.807, 2.05) is 13.8 Å². The average molecular weight is 342 g/mol. The van der Waals surface area contributed by atoms with Gasteiger partial charge in [0.1, 0.15) is 5.82 Å². The Morgan fingerprint density at radius 1 is 1.17 bits per heavy atom. The minimum Gasteiger partial charge on any atom is -0.379 e. The second-order valence-electron chi connectivity index (χ2n) is 5.17. The SMILES string of the molecule is CC(C)OCCCNC(=O)CSCC(=O)Nc1ccc(F)cc1. The van der Waals surface area contributed by atoms with Crippen molar-refractivity contribution < 1.29 is 18.7 Å². The van der Waals surface area contributed by atoms with Crippen LogP contribution in [0.3, 0.4) is 0 Å². The zero-order valence-corrected chi connectivity index (χ0v) is 14.2. The fourth-order valence-electron chi connectivity index (χ4n) is 1.64. The molecule has 0 saturated carbocycles. The van der Waals surface area contributed by atoms with Gasteiger partial charge in [0.25, 0.3) is 0 Å². The van der Waals surface area contributed by atoms with Gasteiger partial charge in [0, 0.05) is 18.8 Å². The number of anilines is 1. The van der Waals surface area contributed by atoms with Crippen LogP contribution in [-0.4, -0.2) is 42.6 Å². The number of carbonyl (C=O) groups excluding carboxylic acids is 2. The van der Waals surface area contributed by atoms with Crippen LogP contribution in [0.2, 0.25) is 0 Å². The van der Waals surface area contributed by atoms with Gasteiger partial charge in [-0.3, -0.25) is 9.59 Å². The number of hydrogen-bond acceptors (Lipinski definition) is 4. The predicted molar refractivity (Wildman–Crippen MR) is 91.1 cm³/mol. The second-order valence-corrected chi connectivity index (χ2v) is 6.16. The van der Waals surface area contributed by atoms with Crippen molar-refractivity contribution in [1.82, 2.24) is 5.32 Å². The molecule has 0 aliphatic carbocycles. The smallest absolute Gasteiger partial charge is 0.234 e. The highest BCUT2D eigenvalue weighted by atomic mass is 32.2. The Morgan fingerprint density at radius 3 is 2.48 bits per heavy atom. The van der Waals surface area contributed by atoms with Gasteiger partial charge in [-0.15, -0.1) is 11.8 Å². The maximum Gasteiger partial charge on any atom is 0.234 e. The van der Waals surface area contributed by atoms with E-state index in [0.717, 1.165) is 6.42 Å². The van der Waals surface area contributed by atoms with Gasteiger partial charge in [-0.25, -0.2) is 4.39 Å². The first-order valence-corrected chi connectivity index (χ1v) is 8.64. The maximum atomic E-state index is 12.7. The number of benzene rings is 1.